The predicted octanol–water partition coefficient (Wildman–Crippen LogP) is 5.82. The Morgan fingerprint density at radius 3 is 2.65 bits per heavy atom. The molecule has 0 bridgehead atoms. The highest BCUT2D eigenvalue weighted by molar-refractivity contribution is 8.03. The van der Waals surface area contributed by atoms with Gasteiger partial charge < -0.3 is 15.4 Å². The Labute approximate surface area is 164 Å². The normalized spacial score (nSPS) is 11.7. The van der Waals surface area contributed by atoms with E-state index in [0.717, 1.165) is 32.8 Å². The molecule has 1 heterocycles. The fraction of sp³-hybridized carbons (Fsp3) is 0.350. The molecule has 26 heavy (non-hydrogen) atoms. The third-order valence-electron chi connectivity index (χ3n) is 3.62. The molecule has 0 amide bonds. The fourth-order valence-corrected chi connectivity index (χ4v) is 3.92. The maximum Gasteiger partial charge on any atom is 0.323 e. The van der Waals surface area contributed by atoms with Crippen LogP contribution < -0.4 is 5.73 Å². The molecule has 0 fully saturated rings. The fourth-order valence-electron chi connectivity index (χ4n) is 2.60. The molecule has 1 aromatic heterocycles. The lowest BCUT2D eigenvalue weighted by molar-refractivity contribution is -0.137. The zero-order valence-electron chi connectivity index (χ0n) is 15.8. The molecule has 0 saturated carbocycles. The Morgan fingerprint density at radius 1 is 1.38 bits per heavy atom. The summed E-state index contributed by atoms with van der Waals surface area (Å²) in [5, 5.41) is 10.1. The summed E-state index contributed by atoms with van der Waals surface area (Å²) in [6, 6.07) is 5.60. The van der Waals surface area contributed by atoms with E-state index < -0.39 is 5.97 Å². The lowest BCUT2D eigenvalue weighted by Gasteiger charge is -2.06. The maximum absolute atomic E-state index is 11.2. The van der Waals surface area contributed by atoms with E-state index in [1.807, 2.05) is 51.1 Å². The van der Waals surface area contributed by atoms with E-state index in [0.29, 0.717) is 11.6 Å². The largest absolute Gasteiger partial charge is 0.480 e. The number of carboxylic acid groups (broad SMARTS) is 1. The summed E-state index contributed by atoms with van der Waals surface area (Å²) in [4.78, 5) is 13.3. The average molecular weight is 395 g/mol. The van der Waals surface area contributed by atoms with Gasteiger partial charge in [0.15, 0.2) is 0 Å². The minimum atomic E-state index is -0.875. The Bertz CT molecular complexity index is 810. The monoisotopic (exact) mass is 394 g/mol. The smallest absolute Gasteiger partial charge is 0.323 e. The summed E-state index contributed by atoms with van der Waals surface area (Å²) >= 11 is 7.34. The molecule has 1 aromatic carbocycles. The van der Waals surface area contributed by atoms with Gasteiger partial charge in [0.05, 0.1) is 5.52 Å². The summed E-state index contributed by atoms with van der Waals surface area (Å²) < 4.78 is 1.80. The van der Waals surface area contributed by atoms with Crippen molar-refractivity contribution >= 4 is 45.9 Å². The van der Waals surface area contributed by atoms with Crippen LogP contribution in [-0.4, -0.2) is 21.5 Å². The van der Waals surface area contributed by atoms with E-state index in [1.54, 1.807) is 16.3 Å². The molecule has 6 heteroatoms. The van der Waals surface area contributed by atoms with E-state index in [-0.39, 0.29) is 6.54 Å². The number of benzene rings is 1. The van der Waals surface area contributed by atoms with Gasteiger partial charge in [0.1, 0.15) is 6.54 Å². The van der Waals surface area contributed by atoms with E-state index in [1.165, 1.54) is 0 Å². The molecular formula is C20H27ClN2O2S. The van der Waals surface area contributed by atoms with Crippen molar-refractivity contribution in [2.45, 2.75) is 45.6 Å². The van der Waals surface area contributed by atoms with Gasteiger partial charge in [-0.25, -0.2) is 0 Å². The maximum atomic E-state index is 11.2. The first-order valence-electron chi connectivity index (χ1n) is 8.69. The number of carboxylic acids is 1. The highest BCUT2D eigenvalue weighted by atomic mass is 35.5. The van der Waals surface area contributed by atoms with Crippen molar-refractivity contribution in [3.8, 4) is 0 Å². The number of aliphatic carboxylic acids is 1. The summed E-state index contributed by atoms with van der Waals surface area (Å²) in [6.07, 6.45) is 6.90. The van der Waals surface area contributed by atoms with Crippen LogP contribution in [0.25, 0.3) is 10.9 Å². The topological polar surface area (TPSA) is 68.2 Å². The lowest BCUT2D eigenvalue weighted by atomic mass is 10.2. The van der Waals surface area contributed by atoms with Crippen LogP contribution in [0.1, 0.15) is 32.9 Å². The molecule has 0 saturated heterocycles. The van der Waals surface area contributed by atoms with Crippen LogP contribution >= 0.6 is 23.4 Å². The van der Waals surface area contributed by atoms with Crippen molar-refractivity contribution in [3.05, 3.63) is 47.0 Å². The van der Waals surface area contributed by atoms with Crippen LogP contribution in [-0.2, 0) is 11.3 Å². The number of nitrogens with zero attached hydrogens (tertiary/aromatic N) is 1. The number of carbonyl (C=O) groups is 1. The number of nitrogens with two attached hydrogens (primary N) is 1. The summed E-state index contributed by atoms with van der Waals surface area (Å²) in [6.45, 7) is 7.92. The highest BCUT2D eigenvalue weighted by Gasteiger charge is 2.18. The number of nitrogen functional groups attached to an aromatic ring is 1. The SMILES string of the molecule is CC.CC/C=C(\C=C/CCl)Sc1c(C)n(CC(=O)O)c2cccc(N)c12. The van der Waals surface area contributed by atoms with Crippen molar-refractivity contribution < 1.29 is 9.90 Å². The molecule has 142 valence electrons. The molecule has 0 unspecified atom stereocenters. The van der Waals surface area contributed by atoms with Gasteiger partial charge in [-0.15, -0.1) is 11.6 Å². The van der Waals surface area contributed by atoms with Gasteiger partial charge in [0, 0.05) is 32.4 Å². The number of anilines is 1. The Balaban J connectivity index is 0.00000163. The lowest BCUT2D eigenvalue weighted by Crippen LogP contribution is -2.09. The van der Waals surface area contributed by atoms with Crippen LogP contribution in [0.3, 0.4) is 0 Å². The number of hydrogen-bond acceptors (Lipinski definition) is 3. The van der Waals surface area contributed by atoms with Crippen molar-refractivity contribution in [3.63, 3.8) is 0 Å². The van der Waals surface area contributed by atoms with Crippen molar-refractivity contribution in [2.75, 3.05) is 11.6 Å². The second-order valence-electron chi connectivity index (χ2n) is 5.31. The standard InChI is InChI=1S/C18H21ClN2O2S.C2H6/c1-3-6-13(7-5-10-19)24-18-12(2)21(11-16(22)23)15-9-4-8-14(20)17(15)18;1-2/h4-9H,3,10-11,20H2,1-2H3,(H,22,23);1-2H3/b7-5-,13-6+;. The Kier molecular flexibility index (Phi) is 9.38. The van der Waals surface area contributed by atoms with Gasteiger partial charge in [-0.05, 0) is 25.5 Å². The van der Waals surface area contributed by atoms with Crippen molar-refractivity contribution in [1.29, 1.82) is 0 Å². The number of allylic oxidation sites excluding steroid dienone is 3. The molecule has 0 aliphatic carbocycles. The quantitative estimate of drug-likeness (QED) is 0.268. The van der Waals surface area contributed by atoms with E-state index in [4.69, 9.17) is 17.3 Å². The average Bonchev–Trinajstić information content (AvgIpc) is 2.88. The molecule has 2 rings (SSSR count). The van der Waals surface area contributed by atoms with E-state index in [9.17, 15) is 9.90 Å². The van der Waals surface area contributed by atoms with Crippen LogP contribution in [0, 0.1) is 6.92 Å². The van der Waals surface area contributed by atoms with Gasteiger partial charge >= 0.3 is 5.97 Å². The zero-order valence-corrected chi connectivity index (χ0v) is 17.3. The van der Waals surface area contributed by atoms with Gasteiger partial charge in [0.2, 0.25) is 0 Å². The molecule has 0 radical (unpaired) electrons. The first kappa shape index (κ1) is 22.2. The molecule has 0 atom stereocenters. The summed E-state index contributed by atoms with van der Waals surface area (Å²) in [7, 11) is 0. The van der Waals surface area contributed by atoms with Crippen LogP contribution in [0.5, 0.6) is 0 Å². The molecule has 0 aliphatic rings. The summed E-state index contributed by atoms with van der Waals surface area (Å²) in [5.74, 6) is -0.427. The van der Waals surface area contributed by atoms with Crippen molar-refractivity contribution in [1.82, 2.24) is 4.57 Å². The van der Waals surface area contributed by atoms with Gasteiger partial charge in [0.25, 0.3) is 0 Å². The van der Waals surface area contributed by atoms with Crippen molar-refractivity contribution in [2.24, 2.45) is 0 Å². The molecule has 4 nitrogen and oxygen atoms in total. The Morgan fingerprint density at radius 2 is 2.08 bits per heavy atom. The molecule has 0 aliphatic heterocycles. The van der Waals surface area contributed by atoms with E-state index in [2.05, 4.69) is 13.0 Å². The zero-order chi connectivity index (χ0) is 19.7. The third kappa shape index (κ3) is 5.32. The summed E-state index contributed by atoms with van der Waals surface area (Å²) in [5.41, 5.74) is 8.58. The molecule has 0 spiro atoms. The minimum Gasteiger partial charge on any atom is -0.480 e. The highest BCUT2D eigenvalue weighted by Crippen LogP contribution is 2.41. The van der Waals surface area contributed by atoms with Gasteiger partial charge in [-0.2, -0.15) is 0 Å². The van der Waals surface area contributed by atoms with Gasteiger partial charge in [-0.3, -0.25) is 4.79 Å². The van der Waals surface area contributed by atoms with E-state index >= 15 is 0 Å². The number of hydrogen-bond donors (Lipinski definition) is 2. The number of aromatic nitrogens is 1. The number of alkyl halides is 1. The first-order chi connectivity index (χ1) is 12.5. The number of rotatable bonds is 7. The van der Waals surface area contributed by atoms with Crippen LogP contribution in [0.4, 0.5) is 5.69 Å². The molecule has 3 N–H and O–H groups in total. The second kappa shape index (κ2) is 11.0. The predicted molar refractivity (Wildman–Crippen MR) is 114 cm³/mol. The van der Waals surface area contributed by atoms with Crippen LogP contribution in [0.15, 0.2) is 46.2 Å². The van der Waals surface area contributed by atoms with Gasteiger partial charge in [-0.1, -0.05) is 56.8 Å². The minimum absolute atomic E-state index is 0.0866. The molecule has 2 aromatic rings. The third-order valence-corrected chi connectivity index (χ3v) is 5.04. The molecular weight excluding hydrogens is 368 g/mol. The number of thioether (sulfide) groups is 1. The van der Waals surface area contributed by atoms with Crippen LogP contribution in [0.2, 0.25) is 0 Å². The second-order valence-corrected chi connectivity index (χ2v) is 6.70. The number of halogens is 1. The first-order valence-corrected chi connectivity index (χ1v) is 10.0. The Hall–Kier alpha value is -1.85. The number of fused-ring (bicyclic) bond motifs is 1.